The predicted octanol–water partition coefficient (Wildman–Crippen LogP) is 2.51. The second-order valence-corrected chi connectivity index (χ2v) is 10.5. The Bertz CT molecular complexity index is 1300. The average molecular weight is 549 g/mol. The van der Waals surface area contributed by atoms with Crippen LogP contribution in [0.3, 0.4) is 0 Å². The van der Waals surface area contributed by atoms with Crippen molar-refractivity contribution in [3.63, 3.8) is 0 Å². The van der Waals surface area contributed by atoms with Gasteiger partial charge in [0.2, 0.25) is 6.41 Å². The molecule has 0 saturated carbocycles. The number of carbonyl (C=O) groups excluding carboxylic acids is 3. The first kappa shape index (κ1) is 26.3. The molecular formula is C24H26Cl2N6O3S. The van der Waals surface area contributed by atoms with E-state index in [1.54, 1.807) is 29.3 Å². The average Bonchev–Trinajstić information content (AvgIpc) is 3.28. The summed E-state index contributed by atoms with van der Waals surface area (Å²) >= 11 is 7.44. The van der Waals surface area contributed by atoms with Gasteiger partial charge < -0.3 is 20.4 Å². The number of benzene rings is 1. The summed E-state index contributed by atoms with van der Waals surface area (Å²) in [7, 11) is 2.05. The van der Waals surface area contributed by atoms with E-state index in [9.17, 15) is 14.4 Å². The van der Waals surface area contributed by atoms with Crippen molar-refractivity contribution in [2.75, 3.05) is 26.7 Å². The quantitative estimate of drug-likeness (QED) is 0.474. The zero-order valence-electron chi connectivity index (χ0n) is 19.6. The van der Waals surface area contributed by atoms with Gasteiger partial charge in [-0.25, -0.2) is 4.98 Å². The third kappa shape index (κ3) is 5.62. The summed E-state index contributed by atoms with van der Waals surface area (Å²) in [4.78, 5) is 51.3. The molecule has 0 radical (unpaired) electrons. The molecule has 3 aromatic rings. The molecule has 9 nitrogen and oxygen atoms in total. The van der Waals surface area contributed by atoms with Crippen LogP contribution in [0.15, 0.2) is 30.5 Å². The van der Waals surface area contributed by atoms with Crippen LogP contribution in [-0.2, 0) is 17.8 Å². The van der Waals surface area contributed by atoms with Gasteiger partial charge in [0.1, 0.15) is 5.69 Å². The Morgan fingerprint density at radius 2 is 1.94 bits per heavy atom. The number of thiazole rings is 1. The largest absolute Gasteiger partial charge is 0.346 e. The number of carbonyl (C=O) groups is 3. The highest BCUT2D eigenvalue weighted by Gasteiger charge is 2.33. The van der Waals surface area contributed by atoms with Crippen LogP contribution in [-0.4, -0.2) is 76.8 Å². The fourth-order valence-electron chi connectivity index (χ4n) is 4.52. The van der Waals surface area contributed by atoms with E-state index in [2.05, 4.69) is 25.5 Å². The number of halogens is 2. The Labute approximate surface area is 223 Å². The van der Waals surface area contributed by atoms with Crippen molar-refractivity contribution < 1.29 is 14.4 Å². The first-order valence-corrected chi connectivity index (χ1v) is 12.6. The molecule has 12 heteroatoms. The van der Waals surface area contributed by atoms with Crippen LogP contribution in [0.2, 0.25) is 5.02 Å². The highest BCUT2D eigenvalue weighted by molar-refractivity contribution is 7.13. The van der Waals surface area contributed by atoms with Crippen molar-refractivity contribution in [1.29, 1.82) is 0 Å². The Morgan fingerprint density at radius 3 is 2.75 bits per heavy atom. The zero-order valence-corrected chi connectivity index (χ0v) is 22.0. The molecule has 5 rings (SSSR count). The summed E-state index contributed by atoms with van der Waals surface area (Å²) in [6.45, 7) is 2.49. The molecule has 2 aliphatic heterocycles. The summed E-state index contributed by atoms with van der Waals surface area (Å²) in [6.07, 6.45) is 3.72. The number of rotatable bonds is 5. The SMILES string of the molecule is CN1CCc2nc(C(=O)N[C@H]3CN(C=O)CC[C@@H]3NC(=O)c3cc4ccc(Cl)cc4cn3)sc2C1.Cl. The first-order valence-electron chi connectivity index (χ1n) is 11.4. The van der Waals surface area contributed by atoms with Crippen LogP contribution in [0.25, 0.3) is 10.8 Å². The van der Waals surface area contributed by atoms with Gasteiger partial charge in [0.25, 0.3) is 11.8 Å². The topological polar surface area (TPSA) is 108 Å². The molecule has 3 amide bonds. The van der Waals surface area contributed by atoms with E-state index in [0.717, 1.165) is 47.3 Å². The minimum Gasteiger partial charge on any atom is -0.346 e. The number of likely N-dealkylation sites (N-methyl/N-ethyl adjacent to an activating group) is 1. The van der Waals surface area contributed by atoms with E-state index >= 15 is 0 Å². The minimum atomic E-state index is -0.451. The standard InChI is InChI=1S/C24H25ClN6O3S.ClH/c1-30-6-4-18-21(12-30)35-24(29-18)23(34)28-20-11-31(13-32)7-5-17(20)27-22(33)19-9-14-2-3-16(25)8-15(14)10-26-19;/h2-3,8-10,13,17,20H,4-7,11-12H2,1H3,(H,27,33)(H,28,34);1H/t17-,20-;/m0./s1. The predicted molar refractivity (Wildman–Crippen MR) is 141 cm³/mol. The molecule has 2 aliphatic rings. The van der Waals surface area contributed by atoms with Crippen LogP contribution < -0.4 is 10.6 Å². The molecule has 1 fully saturated rings. The number of hydrogen-bond donors (Lipinski definition) is 2. The van der Waals surface area contributed by atoms with E-state index in [-0.39, 0.29) is 36.0 Å². The molecule has 36 heavy (non-hydrogen) atoms. The normalized spacial score (nSPS) is 19.8. The van der Waals surface area contributed by atoms with Gasteiger partial charge in [0.05, 0.1) is 17.8 Å². The summed E-state index contributed by atoms with van der Waals surface area (Å²) in [5, 5.41) is 8.73. The zero-order chi connectivity index (χ0) is 24.5. The number of aromatic nitrogens is 2. The molecule has 2 N–H and O–H groups in total. The molecule has 0 aliphatic carbocycles. The lowest BCUT2D eigenvalue weighted by Crippen LogP contribution is -2.60. The maximum atomic E-state index is 13.1. The van der Waals surface area contributed by atoms with Gasteiger partial charge in [0, 0.05) is 54.1 Å². The van der Waals surface area contributed by atoms with Gasteiger partial charge in [-0.1, -0.05) is 17.7 Å². The van der Waals surface area contributed by atoms with E-state index < -0.39 is 6.04 Å². The van der Waals surface area contributed by atoms with Crippen molar-refractivity contribution in [3.05, 3.63) is 56.8 Å². The van der Waals surface area contributed by atoms with E-state index in [0.29, 0.717) is 29.5 Å². The van der Waals surface area contributed by atoms with Crippen LogP contribution in [0, 0.1) is 0 Å². The molecule has 1 aromatic carbocycles. The molecule has 1 saturated heterocycles. The fourth-order valence-corrected chi connectivity index (χ4v) is 5.79. The van der Waals surface area contributed by atoms with E-state index in [4.69, 9.17) is 11.6 Å². The molecule has 0 bridgehead atoms. The monoisotopic (exact) mass is 548 g/mol. The Kier molecular flexibility index (Phi) is 8.09. The van der Waals surface area contributed by atoms with Crippen molar-refractivity contribution in [2.24, 2.45) is 0 Å². The van der Waals surface area contributed by atoms with Gasteiger partial charge in [-0.15, -0.1) is 23.7 Å². The lowest BCUT2D eigenvalue weighted by molar-refractivity contribution is -0.119. The number of pyridine rings is 1. The summed E-state index contributed by atoms with van der Waals surface area (Å²) in [5.74, 6) is -0.622. The van der Waals surface area contributed by atoms with Gasteiger partial charge in [-0.3, -0.25) is 19.4 Å². The van der Waals surface area contributed by atoms with Crippen molar-refractivity contribution >= 4 is 64.3 Å². The smallest absolute Gasteiger partial charge is 0.280 e. The summed E-state index contributed by atoms with van der Waals surface area (Å²) < 4.78 is 0. The van der Waals surface area contributed by atoms with Gasteiger partial charge in [-0.2, -0.15) is 0 Å². The van der Waals surface area contributed by atoms with Gasteiger partial charge in [0.15, 0.2) is 5.01 Å². The summed E-state index contributed by atoms with van der Waals surface area (Å²) in [6, 6.07) is 6.31. The first-order chi connectivity index (χ1) is 16.9. The molecule has 4 heterocycles. The van der Waals surface area contributed by atoms with E-state index in [1.807, 2.05) is 13.1 Å². The molecule has 0 spiro atoms. The van der Waals surface area contributed by atoms with E-state index in [1.165, 1.54) is 11.3 Å². The Balaban J connectivity index is 0.00000304. The van der Waals surface area contributed by atoms with Crippen molar-refractivity contribution in [2.45, 2.75) is 31.5 Å². The molecule has 0 unspecified atom stereocenters. The van der Waals surface area contributed by atoms with Gasteiger partial charge >= 0.3 is 0 Å². The number of nitrogens with zero attached hydrogens (tertiary/aromatic N) is 4. The molecule has 190 valence electrons. The second-order valence-electron chi connectivity index (χ2n) is 8.99. The van der Waals surface area contributed by atoms with Crippen LogP contribution >= 0.6 is 35.3 Å². The fraction of sp³-hybridized carbons (Fsp3) is 0.375. The number of amides is 3. The Morgan fingerprint density at radius 1 is 1.14 bits per heavy atom. The number of hydrogen-bond acceptors (Lipinski definition) is 7. The molecule has 2 aromatic heterocycles. The lowest BCUT2D eigenvalue weighted by atomic mass is 9.99. The van der Waals surface area contributed by atoms with Gasteiger partial charge in [-0.05, 0) is 37.1 Å². The highest BCUT2D eigenvalue weighted by Crippen LogP contribution is 2.25. The van der Waals surface area contributed by atoms with Crippen molar-refractivity contribution in [3.8, 4) is 0 Å². The number of piperidine rings is 1. The van der Waals surface area contributed by atoms with Crippen molar-refractivity contribution in [1.82, 2.24) is 30.4 Å². The lowest BCUT2D eigenvalue weighted by Gasteiger charge is -2.37. The molecular weight excluding hydrogens is 523 g/mol. The minimum absolute atomic E-state index is 0. The third-order valence-electron chi connectivity index (χ3n) is 6.46. The Hall–Kier alpha value is -2.79. The molecule has 2 atom stereocenters. The van der Waals surface area contributed by atoms with Crippen LogP contribution in [0.1, 0.15) is 37.3 Å². The third-order valence-corrected chi connectivity index (χ3v) is 7.78. The number of fused-ring (bicyclic) bond motifs is 2. The second kappa shape index (κ2) is 11.1. The summed E-state index contributed by atoms with van der Waals surface area (Å²) in [5.41, 5.74) is 1.25. The van der Waals surface area contributed by atoms with Crippen LogP contribution in [0.5, 0.6) is 0 Å². The maximum absolute atomic E-state index is 13.1. The van der Waals surface area contributed by atoms with Crippen LogP contribution in [0.4, 0.5) is 0 Å². The highest BCUT2D eigenvalue weighted by atomic mass is 35.5. The maximum Gasteiger partial charge on any atom is 0.280 e. The number of nitrogens with one attached hydrogen (secondary N) is 2. The number of likely N-dealkylation sites (tertiary alicyclic amines) is 1.